The highest BCUT2D eigenvalue weighted by atomic mass is 16.1. The summed E-state index contributed by atoms with van der Waals surface area (Å²) in [6.07, 6.45) is 8.41. The highest BCUT2D eigenvalue weighted by Gasteiger charge is 2.31. The van der Waals surface area contributed by atoms with E-state index >= 15 is 0 Å². The summed E-state index contributed by atoms with van der Waals surface area (Å²) in [6, 6.07) is 0.677. The maximum absolute atomic E-state index is 11.7. The van der Waals surface area contributed by atoms with Crippen LogP contribution in [-0.2, 0) is 4.79 Å². The van der Waals surface area contributed by atoms with Gasteiger partial charge in [-0.05, 0) is 65.0 Å². The fourth-order valence-corrected chi connectivity index (χ4v) is 3.28. The molecule has 0 saturated heterocycles. The number of nitrogens with zero attached hydrogens (tertiary/aromatic N) is 1. The molecule has 1 aliphatic rings. The number of primary amides is 1. The second kappa shape index (κ2) is 8.74. The van der Waals surface area contributed by atoms with Crippen molar-refractivity contribution in [1.29, 1.82) is 0 Å². The molecule has 1 rings (SSSR count). The van der Waals surface area contributed by atoms with Crippen molar-refractivity contribution in [2.45, 2.75) is 77.3 Å². The number of amides is 1. The van der Waals surface area contributed by atoms with Crippen LogP contribution in [0.15, 0.2) is 0 Å². The molecule has 0 spiro atoms. The first kappa shape index (κ1) is 18.4. The Kier molecular flexibility index (Phi) is 7.67. The van der Waals surface area contributed by atoms with Crippen LogP contribution in [0.5, 0.6) is 0 Å². The predicted octanol–water partition coefficient (Wildman–Crippen LogP) is 2.52. The van der Waals surface area contributed by atoms with Gasteiger partial charge in [0.25, 0.3) is 0 Å². The lowest BCUT2D eigenvalue weighted by atomic mass is 9.84. The Morgan fingerprint density at radius 1 is 1.29 bits per heavy atom. The van der Waals surface area contributed by atoms with E-state index in [1.165, 1.54) is 32.1 Å². The van der Waals surface area contributed by atoms with Gasteiger partial charge in [0.2, 0.25) is 5.91 Å². The van der Waals surface area contributed by atoms with Crippen molar-refractivity contribution < 1.29 is 4.79 Å². The van der Waals surface area contributed by atoms with Crippen LogP contribution in [0.1, 0.15) is 65.7 Å². The quantitative estimate of drug-likeness (QED) is 0.687. The lowest BCUT2D eigenvalue weighted by Crippen LogP contribution is -2.55. The van der Waals surface area contributed by atoms with Crippen molar-refractivity contribution in [3.05, 3.63) is 0 Å². The van der Waals surface area contributed by atoms with Crippen molar-refractivity contribution in [2.75, 3.05) is 20.1 Å². The Balaban J connectivity index is 2.43. The monoisotopic (exact) mass is 297 g/mol. The molecular formula is C17H35N3O. The molecule has 0 bridgehead atoms. The molecule has 0 aromatic rings. The van der Waals surface area contributed by atoms with E-state index < -0.39 is 5.54 Å². The van der Waals surface area contributed by atoms with Crippen LogP contribution in [0, 0.1) is 5.92 Å². The lowest BCUT2D eigenvalue weighted by Gasteiger charge is -2.36. The highest BCUT2D eigenvalue weighted by molar-refractivity contribution is 5.84. The molecule has 1 amide bonds. The van der Waals surface area contributed by atoms with Gasteiger partial charge in [-0.1, -0.05) is 20.3 Å². The number of rotatable bonds is 9. The third-order valence-corrected chi connectivity index (χ3v) is 5.29. The molecule has 1 unspecified atom stereocenters. The topological polar surface area (TPSA) is 58.4 Å². The second-order valence-corrected chi connectivity index (χ2v) is 6.94. The molecule has 4 nitrogen and oxygen atoms in total. The summed E-state index contributed by atoms with van der Waals surface area (Å²) < 4.78 is 0. The first-order chi connectivity index (χ1) is 9.92. The van der Waals surface area contributed by atoms with E-state index in [1.807, 2.05) is 6.92 Å². The largest absolute Gasteiger partial charge is 0.368 e. The van der Waals surface area contributed by atoms with Gasteiger partial charge in [0.15, 0.2) is 0 Å². The third kappa shape index (κ3) is 5.59. The molecule has 0 aliphatic heterocycles. The number of hydrogen-bond acceptors (Lipinski definition) is 3. The van der Waals surface area contributed by atoms with Crippen LogP contribution < -0.4 is 11.1 Å². The zero-order chi connectivity index (χ0) is 15.9. The molecular weight excluding hydrogens is 262 g/mol. The van der Waals surface area contributed by atoms with Crippen LogP contribution in [0.2, 0.25) is 0 Å². The zero-order valence-corrected chi connectivity index (χ0v) is 14.5. The first-order valence-corrected chi connectivity index (χ1v) is 8.68. The first-order valence-electron chi connectivity index (χ1n) is 8.68. The van der Waals surface area contributed by atoms with E-state index in [1.54, 1.807) is 0 Å². The van der Waals surface area contributed by atoms with Gasteiger partial charge in [-0.3, -0.25) is 4.79 Å². The summed E-state index contributed by atoms with van der Waals surface area (Å²) in [5, 5.41) is 3.32. The highest BCUT2D eigenvalue weighted by Crippen LogP contribution is 2.29. The Morgan fingerprint density at radius 3 is 2.38 bits per heavy atom. The van der Waals surface area contributed by atoms with Gasteiger partial charge in [-0.25, -0.2) is 0 Å². The minimum Gasteiger partial charge on any atom is -0.368 e. The Labute approximate surface area is 130 Å². The summed E-state index contributed by atoms with van der Waals surface area (Å²) in [4.78, 5) is 14.2. The molecule has 1 atom stereocenters. The Morgan fingerprint density at radius 2 is 1.90 bits per heavy atom. The lowest BCUT2D eigenvalue weighted by molar-refractivity contribution is -0.124. The van der Waals surface area contributed by atoms with Crippen LogP contribution in [-0.4, -0.2) is 42.5 Å². The average molecular weight is 297 g/mol. The van der Waals surface area contributed by atoms with Gasteiger partial charge < -0.3 is 16.0 Å². The van der Waals surface area contributed by atoms with E-state index in [9.17, 15) is 4.79 Å². The van der Waals surface area contributed by atoms with Crippen molar-refractivity contribution in [1.82, 2.24) is 10.2 Å². The second-order valence-electron chi connectivity index (χ2n) is 6.94. The SMILES string of the molecule is CCCNC(C)(CCN(C)C1CCC(CC)CC1)C(N)=O. The van der Waals surface area contributed by atoms with Crippen LogP contribution in [0.25, 0.3) is 0 Å². The van der Waals surface area contributed by atoms with E-state index in [-0.39, 0.29) is 5.91 Å². The van der Waals surface area contributed by atoms with E-state index in [2.05, 4.69) is 31.1 Å². The maximum Gasteiger partial charge on any atom is 0.237 e. The van der Waals surface area contributed by atoms with Gasteiger partial charge in [-0.15, -0.1) is 0 Å². The molecule has 124 valence electrons. The molecule has 1 fully saturated rings. The number of nitrogens with two attached hydrogens (primary N) is 1. The van der Waals surface area contributed by atoms with Crippen molar-refractivity contribution in [2.24, 2.45) is 11.7 Å². The zero-order valence-electron chi connectivity index (χ0n) is 14.5. The van der Waals surface area contributed by atoms with Crippen molar-refractivity contribution >= 4 is 5.91 Å². The number of carbonyl (C=O) groups excluding carboxylic acids is 1. The molecule has 0 radical (unpaired) electrons. The predicted molar refractivity (Wildman–Crippen MR) is 89.2 cm³/mol. The normalized spacial score (nSPS) is 25.8. The number of carbonyl (C=O) groups is 1. The van der Waals surface area contributed by atoms with Gasteiger partial charge in [0.05, 0.1) is 5.54 Å². The fourth-order valence-electron chi connectivity index (χ4n) is 3.28. The van der Waals surface area contributed by atoms with E-state index in [0.29, 0.717) is 6.04 Å². The van der Waals surface area contributed by atoms with Gasteiger partial charge in [0.1, 0.15) is 0 Å². The van der Waals surface area contributed by atoms with Crippen molar-refractivity contribution in [3.8, 4) is 0 Å². The fraction of sp³-hybridized carbons (Fsp3) is 0.941. The Hall–Kier alpha value is -0.610. The molecule has 0 aromatic carbocycles. The molecule has 1 saturated carbocycles. The number of nitrogens with one attached hydrogen (secondary N) is 1. The molecule has 0 heterocycles. The number of hydrogen-bond donors (Lipinski definition) is 2. The van der Waals surface area contributed by atoms with Gasteiger partial charge >= 0.3 is 0 Å². The summed E-state index contributed by atoms with van der Waals surface area (Å²) in [7, 11) is 2.19. The summed E-state index contributed by atoms with van der Waals surface area (Å²) >= 11 is 0. The smallest absolute Gasteiger partial charge is 0.237 e. The van der Waals surface area contributed by atoms with Crippen LogP contribution in [0.3, 0.4) is 0 Å². The van der Waals surface area contributed by atoms with Crippen molar-refractivity contribution in [3.63, 3.8) is 0 Å². The third-order valence-electron chi connectivity index (χ3n) is 5.29. The Bertz CT molecular complexity index is 313. The summed E-state index contributed by atoms with van der Waals surface area (Å²) in [5.41, 5.74) is 5.01. The summed E-state index contributed by atoms with van der Waals surface area (Å²) in [5.74, 6) is 0.691. The minimum atomic E-state index is -0.578. The van der Waals surface area contributed by atoms with Crippen LogP contribution >= 0.6 is 0 Å². The molecule has 4 heteroatoms. The molecule has 0 aromatic heterocycles. The minimum absolute atomic E-state index is 0.237. The molecule has 1 aliphatic carbocycles. The molecule has 3 N–H and O–H groups in total. The maximum atomic E-state index is 11.7. The average Bonchev–Trinajstić information content (AvgIpc) is 2.50. The van der Waals surface area contributed by atoms with Gasteiger partial charge in [-0.2, -0.15) is 0 Å². The molecule has 21 heavy (non-hydrogen) atoms. The van der Waals surface area contributed by atoms with E-state index in [4.69, 9.17) is 5.73 Å². The standard InChI is InChI=1S/C17H35N3O/c1-5-12-19-17(3,16(18)21)11-13-20(4)15-9-7-14(6-2)8-10-15/h14-15,19H,5-13H2,1-4H3,(H2,18,21). The van der Waals surface area contributed by atoms with E-state index in [0.717, 1.165) is 31.8 Å². The summed E-state index contributed by atoms with van der Waals surface area (Å²) in [6.45, 7) is 8.11. The van der Waals surface area contributed by atoms with Gasteiger partial charge in [0, 0.05) is 12.6 Å². The van der Waals surface area contributed by atoms with Crippen LogP contribution in [0.4, 0.5) is 0 Å².